The third kappa shape index (κ3) is 8.32. The molecule has 2 aromatic rings. The number of amides is 1. The zero-order valence-electron chi connectivity index (χ0n) is 19.3. The molecule has 0 aliphatic carbocycles. The van der Waals surface area contributed by atoms with E-state index in [2.05, 4.69) is 30.2 Å². The molecule has 0 aliphatic heterocycles. The van der Waals surface area contributed by atoms with Gasteiger partial charge in [0.05, 0.1) is 10.9 Å². The molecule has 0 unspecified atom stereocenters. The second kappa shape index (κ2) is 11.6. The van der Waals surface area contributed by atoms with Crippen molar-refractivity contribution in [3.05, 3.63) is 61.0 Å². The summed E-state index contributed by atoms with van der Waals surface area (Å²) in [6.45, 7) is 7.45. The Morgan fingerprint density at radius 3 is 1.94 bits per heavy atom. The molecule has 2 N–H and O–H groups in total. The maximum atomic E-state index is 14.0. The Morgan fingerprint density at radius 2 is 1.53 bits per heavy atom. The first-order chi connectivity index (χ1) is 15.7. The van der Waals surface area contributed by atoms with E-state index in [1.54, 1.807) is 12.1 Å². The van der Waals surface area contributed by atoms with Crippen LogP contribution in [0.5, 0.6) is 0 Å². The number of nitrogens with one attached hydrogen (secondary N) is 2. The number of thiol groups is 1. The molecule has 0 saturated carbocycles. The lowest BCUT2D eigenvalue weighted by Crippen LogP contribution is -2.50. The summed E-state index contributed by atoms with van der Waals surface area (Å²) in [4.78, 5) is 12.7. The van der Waals surface area contributed by atoms with Crippen LogP contribution in [0.3, 0.4) is 0 Å². The van der Waals surface area contributed by atoms with E-state index < -0.39 is 34.0 Å². The summed E-state index contributed by atoms with van der Waals surface area (Å²) >= 11 is 4.09. The van der Waals surface area contributed by atoms with Gasteiger partial charge in [-0.15, -0.1) is 5.25 Å². The van der Waals surface area contributed by atoms with Crippen LogP contribution in [-0.4, -0.2) is 44.6 Å². The van der Waals surface area contributed by atoms with Crippen molar-refractivity contribution in [3.8, 4) is 11.1 Å². The van der Waals surface area contributed by atoms with E-state index in [0.29, 0.717) is 11.1 Å². The third-order valence-electron chi connectivity index (χ3n) is 5.09. The van der Waals surface area contributed by atoms with Gasteiger partial charge in [0.15, 0.2) is 9.84 Å². The summed E-state index contributed by atoms with van der Waals surface area (Å²) < 4.78 is 65.2. The molecule has 34 heavy (non-hydrogen) atoms. The van der Waals surface area contributed by atoms with Crippen LogP contribution >= 0.6 is 12.6 Å². The van der Waals surface area contributed by atoms with Gasteiger partial charge in [-0.2, -0.15) is 13.2 Å². The van der Waals surface area contributed by atoms with Crippen molar-refractivity contribution in [1.82, 2.24) is 10.6 Å². The van der Waals surface area contributed by atoms with Crippen LogP contribution in [0.4, 0.5) is 13.2 Å². The molecule has 0 fully saturated rings. The van der Waals surface area contributed by atoms with Crippen LogP contribution in [0.1, 0.15) is 31.9 Å². The van der Waals surface area contributed by atoms with Crippen molar-refractivity contribution in [2.75, 3.05) is 12.8 Å². The van der Waals surface area contributed by atoms with Crippen molar-refractivity contribution < 1.29 is 26.4 Å². The fourth-order valence-electron chi connectivity index (χ4n) is 3.41. The molecule has 188 valence electrons. The molecule has 5 nitrogen and oxygen atoms in total. The average Bonchev–Trinajstić information content (AvgIpc) is 2.73. The molecule has 0 spiro atoms. The van der Waals surface area contributed by atoms with Gasteiger partial charge in [0.2, 0.25) is 5.91 Å². The molecule has 0 bridgehead atoms. The Hall–Kier alpha value is -2.04. The number of hydrogen-bond donors (Lipinski definition) is 3. The number of hydrogen-bond acceptors (Lipinski definition) is 5. The summed E-state index contributed by atoms with van der Waals surface area (Å²) in [5.41, 5.74) is 1.27. The molecular formula is C24H30F3N2O3S2-. The Kier molecular flexibility index (Phi) is 9.62. The lowest BCUT2D eigenvalue weighted by atomic mass is 9.97. The molecule has 0 aliphatic rings. The molecule has 0 saturated heterocycles. The van der Waals surface area contributed by atoms with E-state index in [0.717, 1.165) is 6.26 Å². The highest BCUT2D eigenvalue weighted by Crippen LogP contribution is 2.34. The summed E-state index contributed by atoms with van der Waals surface area (Å²) in [5.74, 6) is -0.547. The van der Waals surface area contributed by atoms with E-state index in [1.807, 2.05) is 13.8 Å². The fraction of sp³-hybridized carbons (Fsp3) is 0.417. The van der Waals surface area contributed by atoms with E-state index >= 15 is 0 Å². The maximum Gasteiger partial charge on any atom is 0.407 e. The summed E-state index contributed by atoms with van der Waals surface area (Å²) in [6.07, 6.45) is -3.31. The zero-order chi connectivity index (χ0) is 25.7. The van der Waals surface area contributed by atoms with Gasteiger partial charge in [0.25, 0.3) is 0 Å². The lowest BCUT2D eigenvalue weighted by molar-refractivity contribution is -0.161. The van der Waals surface area contributed by atoms with Gasteiger partial charge in [0, 0.05) is 12.8 Å². The average molecular weight is 516 g/mol. The topological polar surface area (TPSA) is 75.3 Å². The second-order valence-corrected chi connectivity index (χ2v) is 11.4. The Bertz CT molecular complexity index is 1050. The molecule has 0 heterocycles. The molecular weight excluding hydrogens is 485 g/mol. The van der Waals surface area contributed by atoms with Gasteiger partial charge in [-0.1, -0.05) is 50.2 Å². The number of carbonyl (C=O) groups excluding carboxylic acids is 1. The first-order valence-electron chi connectivity index (χ1n) is 10.7. The number of alkyl halides is 3. The highest BCUT2D eigenvalue weighted by molar-refractivity contribution is 7.90. The summed E-state index contributed by atoms with van der Waals surface area (Å²) in [5, 5.41) is 4.72. The number of benzene rings is 2. The number of rotatable bonds is 10. The van der Waals surface area contributed by atoms with Crippen LogP contribution < -0.4 is 10.6 Å². The Balaban J connectivity index is 2.29. The maximum absolute atomic E-state index is 14.0. The standard InChI is InChI=1S/C24H30F3N2O3S2/c1-15(2)13-21(23(30)28-14-16(3)33)29-22(24(25,26)27)19-7-5-17(6-8-19)18-9-11-20(12-10-18)34(4,31)32/h5-12,15-16,21-22,29,33H,3,13-14H2,1-2,4H3,(H,28,30)/q-1/t16-,21+,22+/m1/s1. The van der Waals surface area contributed by atoms with E-state index in [-0.39, 0.29) is 34.6 Å². The number of carbonyl (C=O) groups is 1. The smallest absolute Gasteiger partial charge is 0.356 e. The van der Waals surface area contributed by atoms with E-state index in [4.69, 9.17) is 0 Å². The van der Waals surface area contributed by atoms with Crippen LogP contribution in [-0.2, 0) is 14.6 Å². The molecule has 3 atom stereocenters. The first-order valence-corrected chi connectivity index (χ1v) is 13.1. The van der Waals surface area contributed by atoms with Gasteiger partial charge >= 0.3 is 6.18 Å². The summed E-state index contributed by atoms with van der Waals surface area (Å²) in [7, 11) is -3.35. The highest BCUT2D eigenvalue weighted by Gasteiger charge is 2.42. The molecule has 0 radical (unpaired) electrons. The summed E-state index contributed by atoms with van der Waals surface area (Å²) in [6, 6.07) is 8.80. The van der Waals surface area contributed by atoms with Crippen molar-refractivity contribution in [3.63, 3.8) is 0 Å². The van der Waals surface area contributed by atoms with Gasteiger partial charge < -0.3 is 12.2 Å². The lowest BCUT2D eigenvalue weighted by Gasteiger charge is -2.29. The predicted octanol–water partition coefficient (Wildman–Crippen LogP) is 4.61. The molecule has 0 aromatic heterocycles. The molecule has 2 aromatic carbocycles. The largest absolute Gasteiger partial charge is 0.407 e. The van der Waals surface area contributed by atoms with Crippen LogP contribution in [0, 0.1) is 12.8 Å². The second-order valence-electron chi connectivity index (χ2n) is 8.64. The number of sulfone groups is 1. The quantitative estimate of drug-likeness (QED) is 0.319. The van der Waals surface area contributed by atoms with Crippen molar-refractivity contribution in [2.24, 2.45) is 5.92 Å². The van der Waals surface area contributed by atoms with Crippen molar-refractivity contribution in [2.45, 2.75) is 48.7 Å². The molecule has 1 amide bonds. The third-order valence-corrected chi connectivity index (χ3v) is 6.40. The van der Waals surface area contributed by atoms with Gasteiger partial charge in [-0.3, -0.25) is 10.1 Å². The van der Waals surface area contributed by atoms with Gasteiger partial charge in [-0.05, 0) is 41.2 Å². The fourth-order valence-corrected chi connectivity index (χ4v) is 4.13. The van der Waals surface area contributed by atoms with Crippen LogP contribution in [0.2, 0.25) is 0 Å². The van der Waals surface area contributed by atoms with E-state index in [9.17, 15) is 26.4 Å². The number of halogens is 3. The van der Waals surface area contributed by atoms with Crippen LogP contribution in [0.15, 0.2) is 53.4 Å². The highest BCUT2D eigenvalue weighted by atomic mass is 32.2. The molecule has 2 rings (SSSR count). The van der Waals surface area contributed by atoms with Crippen molar-refractivity contribution >= 4 is 28.4 Å². The first kappa shape index (κ1) is 28.2. The SMILES string of the molecule is [CH2-][C@@H](S)CNC(=O)[C@H](CC(C)C)N[C@@H](c1ccc(-c2ccc(S(C)(=O)=O)cc2)cc1)C(F)(F)F. The minimum atomic E-state index is -4.63. The normalized spacial score (nSPS) is 15.1. The Morgan fingerprint density at radius 1 is 1.03 bits per heavy atom. The minimum Gasteiger partial charge on any atom is -0.356 e. The minimum absolute atomic E-state index is 0.0130. The van der Waals surface area contributed by atoms with Crippen LogP contribution in [0.25, 0.3) is 11.1 Å². The van der Waals surface area contributed by atoms with Gasteiger partial charge in [-0.25, -0.2) is 21.0 Å². The van der Waals surface area contributed by atoms with Gasteiger partial charge in [0.1, 0.15) is 6.04 Å². The van der Waals surface area contributed by atoms with E-state index in [1.165, 1.54) is 36.4 Å². The monoisotopic (exact) mass is 515 g/mol. The molecule has 10 heteroatoms. The van der Waals surface area contributed by atoms with Crippen molar-refractivity contribution in [1.29, 1.82) is 0 Å². The zero-order valence-corrected chi connectivity index (χ0v) is 21.0. The predicted molar refractivity (Wildman–Crippen MR) is 131 cm³/mol. The Labute approximate surface area is 204 Å².